The number of benzene rings is 2. The number of nitrogens with zero attached hydrogens (tertiary/aromatic N) is 1. The predicted octanol–water partition coefficient (Wildman–Crippen LogP) is 1.66. The van der Waals surface area contributed by atoms with E-state index >= 15 is 0 Å². The van der Waals surface area contributed by atoms with Crippen LogP contribution in [0.5, 0.6) is 0 Å². The number of hydrogen-bond donors (Lipinski definition) is 2. The van der Waals surface area contributed by atoms with E-state index in [9.17, 15) is 13.6 Å². The van der Waals surface area contributed by atoms with Crippen LogP contribution in [0.4, 0.5) is 14.5 Å². The molecule has 2 aromatic carbocycles. The zero-order valence-corrected chi connectivity index (χ0v) is 17.2. The second kappa shape index (κ2) is 9.66. The van der Waals surface area contributed by atoms with Crippen LogP contribution >= 0.6 is 0 Å². The number of aromatic nitrogens is 1. The molecule has 0 aliphatic carbocycles. The quantitative estimate of drug-likeness (QED) is 0.632. The molecular weight excluding hydrogens is 398 g/mol. The highest BCUT2D eigenvalue weighted by molar-refractivity contribution is 5.94. The molecule has 2 heterocycles. The average Bonchev–Trinajstić information content (AvgIpc) is 2.81. The molecule has 3 aromatic rings. The third-order valence-electron chi connectivity index (χ3n) is 5.80. The van der Waals surface area contributed by atoms with Crippen molar-refractivity contribution in [2.45, 2.75) is 6.04 Å². The summed E-state index contributed by atoms with van der Waals surface area (Å²) in [6.07, 6.45) is 3.83. The van der Waals surface area contributed by atoms with Gasteiger partial charge in [0.05, 0.1) is 38.3 Å². The summed E-state index contributed by atoms with van der Waals surface area (Å²) in [5.74, 6) is -0.808. The Balaban J connectivity index is 1.43. The number of piperazine rings is 1. The van der Waals surface area contributed by atoms with Crippen LogP contribution in [0, 0.1) is 11.6 Å². The molecule has 3 N–H and O–H groups in total. The number of H-pyrrole nitrogens is 1. The number of aromatic amines is 1. The molecular formula is C24H26F2N4O+2. The highest BCUT2D eigenvalue weighted by Crippen LogP contribution is 2.15. The van der Waals surface area contributed by atoms with Gasteiger partial charge in [0.15, 0.2) is 12.4 Å². The number of hydrogen-bond acceptors (Lipinski definition) is 2. The summed E-state index contributed by atoms with van der Waals surface area (Å²) < 4.78 is 26.4. The lowest BCUT2D eigenvalue weighted by Crippen LogP contribution is -3.15. The summed E-state index contributed by atoms with van der Waals surface area (Å²) in [4.78, 5) is 19.3. The van der Waals surface area contributed by atoms with Gasteiger partial charge in [-0.2, -0.15) is 0 Å². The summed E-state index contributed by atoms with van der Waals surface area (Å²) in [5, 5.41) is 3.01. The molecule has 1 saturated heterocycles. The van der Waals surface area contributed by atoms with Gasteiger partial charge in [-0.1, -0.05) is 0 Å². The van der Waals surface area contributed by atoms with Crippen molar-refractivity contribution in [3.63, 3.8) is 0 Å². The Hall–Kier alpha value is -3.32. The van der Waals surface area contributed by atoms with Crippen molar-refractivity contribution in [2.24, 2.45) is 0 Å². The third-order valence-corrected chi connectivity index (χ3v) is 5.80. The van der Waals surface area contributed by atoms with Gasteiger partial charge in [0, 0.05) is 17.3 Å². The van der Waals surface area contributed by atoms with Gasteiger partial charge in [0.2, 0.25) is 0 Å². The fraction of sp³-hybridized carbons (Fsp3) is 0.250. The van der Waals surface area contributed by atoms with E-state index in [1.54, 1.807) is 0 Å². The number of nitrogens with one attached hydrogen (secondary N) is 3. The molecule has 1 fully saturated rings. The highest BCUT2D eigenvalue weighted by atomic mass is 19.1. The maximum absolute atomic E-state index is 13.2. The molecule has 0 bridgehead atoms. The molecule has 1 aliphatic heterocycles. The van der Waals surface area contributed by atoms with E-state index in [2.05, 4.69) is 21.3 Å². The predicted molar refractivity (Wildman–Crippen MR) is 114 cm³/mol. The van der Waals surface area contributed by atoms with Crippen molar-refractivity contribution in [3.8, 4) is 0 Å². The van der Waals surface area contributed by atoms with E-state index in [1.807, 2.05) is 30.6 Å². The molecule has 5 nitrogen and oxygen atoms in total. The molecule has 1 aromatic heterocycles. The molecule has 1 aliphatic rings. The SMILES string of the molecule is O=C(NCC(c1ccc[nH+]c1)[NH+]1CCN(c2ccc(F)cc2)CC1)c1ccc(F)cc1. The highest BCUT2D eigenvalue weighted by Gasteiger charge is 2.30. The fourth-order valence-corrected chi connectivity index (χ4v) is 4.07. The zero-order valence-electron chi connectivity index (χ0n) is 17.2. The minimum absolute atomic E-state index is 0.0808. The molecule has 1 amide bonds. The number of anilines is 1. The molecule has 160 valence electrons. The number of carbonyl (C=O) groups is 1. The van der Waals surface area contributed by atoms with Crippen LogP contribution in [0.2, 0.25) is 0 Å². The largest absolute Gasteiger partial charge is 0.360 e. The van der Waals surface area contributed by atoms with E-state index < -0.39 is 0 Å². The normalized spacial score (nSPS) is 15.5. The first-order valence-electron chi connectivity index (χ1n) is 10.4. The van der Waals surface area contributed by atoms with Crippen LogP contribution in [-0.4, -0.2) is 38.6 Å². The first kappa shape index (κ1) is 20.9. The van der Waals surface area contributed by atoms with Crippen LogP contribution in [-0.2, 0) is 0 Å². The standard InChI is InChI=1S/C24H24F2N4O/c25-20-5-3-18(4-6-20)24(31)28-17-23(19-2-1-11-27-16-19)30-14-12-29(13-15-30)22-9-7-21(26)8-10-22/h1-11,16,23H,12-15,17H2,(H,28,31)/p+2. The Labute approximate surface area is 180 Å². The van der Waals surface area contributed by atoms with E-state index in [0.717, 1.165) is 37.4 Å². The lowest BCUT2D eigenvalue weighted by molar-refractivity contribution is -0.931. The molecule has 0 saturated carbocycles. The summed E-state index contributed by atoms with van der Waals surface area (Å²) in [7, 11) is 0. The summed E-state index contributed by atoms with van der Waals surface area (Å²) in [6, 6.07) is 16.3. The van der Waals surface area contributed by atoms with Crippen molar-refractivity contribution in [1.82, 2.24) is 5.32 Å². The summed E-state index contributed by atoms with van der Waals surface area (Å²) >= 11 is 0. The van der Waals surface area contributed by atoms with Crippen LogP contribution in [0.15, 0.2) is 73.1 Å². The smallest absolute Gasteiger partial charge is 0.251 e. The average molecular weight is 424 g/mol. The second-order valence-corrected chi connectivity index (χ2v) is 7.73. The maximum Gasteiger partial charge on any atom is 0.251 e. The second-order valence-electron chi connectivity index (χ2n) is 7.73. The van der Waals surface area contributed by atoms with Crippen molar-refractivity contribution in [2.75, 3.05) is 37.6 Å². The van der Waals surface area contributed by atoms with Crippen molar-refractivity contribution >= 4 is 11.6 Å². The lowest BCUT2D eigenvalue weighted by Gasteiger charge is -2.37. The van der Waals surface area contributed by atoms with Gasteiger partial charge in [0.1, 0.15) is 17.7 Å². The number of halogens is 2. The monoisotopic (exact) mass is 424 g/mol. The minimum Gasteiger partial charge on any atom is -0.360 e. The lowest BCUT2D eigenvalue weighted by atomic mass is 10.1. The third kappa shape index (κ3) is 5.24. The first-order valence-corrected chi connectivity index (χ1v) is 10.4. The number of amides is 1. The van der Waals surface area contributed by atoms with Crippen LogP contribution in [0.25, 0.3) is 0 Å². The Morgan fingerprint density at radius 1 is 1.00 bits per heavy atom. The van der Waals surface area contributed by atoms with Gasteiger partial charge in [-0.3, -0.25) is 4.79 Å². The number of carbonyl (C=O) groups excluding carboxylic acids is 1. The number of quaternary nitrogens is 1. The Bertz CT molecular complexity index is 988. The first-order chi connectivity index (χ1) is 15.1. The van der Waals surface area contributed by atoms with E-state index in [-0.39, 0.29) is 23.6 Å². The molecule has 0 radical (unpaired) electrons. The molecule has 7 heteroatoms. The zero-order chi connectivity index (χ0) is 21.6. The van der Waals surface area contributed by atoms with Gasteiger partial charge in [-0.15, -0.1) is 0 Å². The number of pyridine rings is 1. The van der Waals surface area contributed by atoms with Crippen LogP contribution in [0.3, 0.4) is 0 Å². The van der Waals surface area contributed by atoms with E-state index in [1.165, 1.54) is 41.3 Å². The van der Waals surface area contributed by atoms with Gasteiger partial charge >= 0.3 is 0 Å². The van der Waals surface area contributed by atoms with Crippen molar-refractivity contribution in [3.05, 3.63) is 95.8 Å². The maximum atomic E-state index is 13.2. The molecule has 31 heavy (non-hydrogen) atoms. The molecule has 4 rings (SSSR count). The van der Waals surface area contributed by atoms with Gasteiger partial charge in [-0.05, 0) is 54.6 Å². The Morgan fingerprint density at radius 2 is 1.65 bits per heavy atom. The summed E-state index contributed by atoms with van der Waals surface area (Å²) in [5.41, 5.74) is 2.58. The molecule has 1 atom stereocenters. The van der Waals surface area contributed by atoms with Gasteiger partial charge in [0.25, 0.3) is 5.91 Å². The van der Waals surface area contributed by atoms with E-state index in [4.69, 9.17) is 0 Å². The van der Waals surface area contributed by atoms with Gasteiger partial charge < -0.3 is 15.1 Å². The molecule has 0 spiro atoms. The summed E-state index contributed by atoms with van der Waals surface area (Å²) in [6.45, 7) is 3.95. The fourth-order valence-electron chi connectivity index (χ4n) is 4.07. The van der Waals surface area contributed by atoms with E-state index in [0.29, 0.717) is 12.1 Å². The minimum atomic E-state index is -0.363. The Kier molecular flexibility index (Phi) is 6.52. The Morgan fingerprint density at radius 3 is 2.26 bits per heavy atom. The van der Waals surface area contributed by atoms with Gasteiger partial charge in [-0.25, -0.2) is 13.8 Å². The van der Waals surface area contributed by atoms with Crippen molar-refractivity contribution < 1.29 is 23.5 Å². The number of rotatable bonds is 6. The van der Waals surface area contributed by atoms with Crippen LogP contribution in [0.1, 0.15) is 22.0 Å². The van der Waals surface area contributed by atoms with Crippen LogP contribution < -0.4 is 20.1 Å². The topological polar surface area (TPSA) is 50.9 Å². The van der Waals surface area contributed by atoms with Crippen molar-refractivity contribution in [1.29, 1.82) is 0 Å². The molecule has 1 unspecified atom stereocenters.